The van der Waals surface area contributed by atoms with Crippen LogP contribution in [0.5, 0.6) is 0 Å². The summed E-state index contributed by atoms with van der Waals surface area (Å²) in [5.41, 5.74) is 0.959. The van der Waals surface area contributed by atoms with Crippen LogP contribution in [-0.2, 0) is 0 Å². The monoisotopic (exact) mass is 235 g/mol. The van der Waals surface area contributed by atoms with Crippen molar-refractivity contribution >= 4 is 11.5 Å². The van der Waals surface area contributed by atoms with E-state index in [1.807, 2.05) is 0 Å². The molecule has 0 aromatic carbocycles. The number of hydrogen-bond donors (Lipinski definition) is 1. The second kappa shape index (κ2) is 3.98. The molecule has 1 fully saturated rings. The number of nitrogens with zero attached hydrogens (tertiary/aromatic N) is 2. The van der Waals surface area contributed by atoms with Gasteiger partial charge in [0.1, 0.15) is 11.5 Å². The minimum Gasteiger partial charge on any atom is -0.370 e. The molecule has 1 atom stereocenters. The zero-order chi connectivity index (χ0) is 12.6. The number of aromatic nitrogens is 1. The van der Waals surface area contributed by atoms with E-state index in [4.69, 9.17) is 0 Å². The molecule has 1 unspecified atom stereocenters. The number of nitro groups is 1. The summed E-state index contributed by atoms with van der Waals surface area (Å²) in [5.74, 6) is 1.40. The molecule has 5 heteroatoms. The molecule has 5 nitrogen and oxygen atoms in total. The van der Waals surface area contributed by atoms with E-state index in [9.17, 15) is 10.1 Å². The molecule has 17 heavy (non-hydrogen) atoms. The molecule has 0 radical (unpaired) electrons. The largest absolute Gasteiger partial charge is 0.370 e. The summed E-state index contributed by atoms with van der Waals surface area (Å²) in [6.07, 6.45) is 1.23. The Labute approximate surface area is 100 Å². The molecular weight excluding hydrogens is 218 g/mol. The summed E-state index contributed by atoms with van der Waals surface area (Å²) < 4.78 is 0. The summed E-state index contributed by atoms with van der Waals surface area (Å²) >= 11 is 0. The van der Waals surface area contributed by atoms with Gasteiger partial charge in [-0.25, -0.2) is 4.98 Å². The number of pyridine rings is 1. The Bertz CT molecular complexity index is 457. The van der Waals surface area contributed by atoms with Gasteiger partial charge in [0.15, 0.2) is 0 Å². The van der Waals surface area contributed by atoms with E-state index in [2.05, 4.69) is 24.1 Å². The lowest BCUT2D eigenvalue weighted by Crippen LogP contribution is -2.09. The zero-order valence-electron chi connectivity index (χ0n) is 10.4. The third kappa shape index (κ3) is 2.54. The van der Waals surface area contributed by atoms with Gasteiger partial charge in [-0.1, -0.05) is 13.8 Å². The van der Waals surface area contributed by atoms with Crippen LogP contribution in [0.15, 0.2) is 12.1 Å². The molecule has 1 aliphatic carbocycles. The Morgan fingerprint density at radius 1 is 1.59 bits per heavy atom. The maximum Gasteiger partial charge on any atom is 0.290 e. The van der Waals surface area contributed by atoms with Crippen LogP contribution in [0.4, 0.5) is 11.5 Å². The molecule has 1 heterocycles. The van der Waals surface area contributed by atoms with Crippen LogP contribution < -0.4 is 5.32 Å². The maximum absolute atomic E-state index is 10.6. The molecule has 2 rings (SSSR count). The lowest BCUT2D eigenvalue weighted by atomic mass is 10.1. The minimum atomic E-state index is -0.407. The molecule has 0 spiro atoms. The van der Waals surface area contributed by atoms with Crippen LogP contribution in [0.2, 0.25) is 0 Å². The van der Waals surface area contributed by atoms with Crippen molar-refractivity contribution in [3.05, 3.63) is 27.9 Å². The van der Waals surface area contributed by atoms with E-state index in [-0.39, 0.29) is 5.69 Å². The Morgan fingerprint density at radius 3 is 2.71 bits per heavy atom. The Hall–Kier alpha value is -1.65. The van der Waals surface area contributed by atoms with Gasteiger partial charge in [-0.2, -0.15) is 0 Å². The van der Waals surface area contributed by atoms with Gasteiger partial charge in [-0.15, -0.1) is 0 Å². The Kier molecular flexibility index (Phi) is 2.77. The highest BCUT2D eigenvalue weighted by atomic mass is 16.6. The molecule has 0 amide bonds. The van der Waals surface area contributed by atoms with Crippen molar-refractivity contribution in [2.24, 2.45) is 11.3 Å². The van der Waals surface area contributed by atoms with E-state index in [1.54, 1.807) is 13.0 Å². The van der Waals surface area contributed by atoms with Gasteiger partial charge in [0.25, 0.3) is 5.69 Å². The van der Waals surface area contributed by atoms with Crippen molar-refractivity contribution in [1.29, 1.82) is 0 Å². The Morgan fingerprint density at radius 2 is 2.24 bits per heavy atom. The predicted octanol–water partition coefficient (Wildman–Crippen LogP) is 2.76. The first-order chi connectivity index (χ1) is 7.90. The number of aryl methyl sites for hydroxylation is 1. The minimum absolute atomic E-state index is 0.0716. The van der Waals surface area contributed by atoms with Crippen molar-refractivity contribution < 1.29 is 4.92 Å². The van der Waals surface area contributed by atoms with Gasteiger partial charge in [0, 0.05) is 12.6 Å². The summed E-state index contributed by atoms with van der Waals surface area (Å²) in [4.78, 5) is 14.4. The fourth-order valence-electron chi connectivity index (χ4n) is 2.00. The van der Waals surface area contributed by atoms with E-state index in [0.717, 1.165) is 12.4 Å². The van der Waals surface area contributed by atoms with Crippen molar-refractivity contribution in [3.63, 3.8) is 0 Å². The molecular formula is C12H17N3O2. The van der Waals surface area contributed by atoms with Crippen LogP contribution in [0, 0.1) is 28.4 Å². The summed E-state index contributed by atoms with van der Waals surface area (Å²) in [7, 11) is 0. The topological polar surface area (TPSA) is 68.1 Å². The summed E-state index contributed by atoms with van der Waals surface area (Å²) in [5, 5.41) is 13.9. The molecule has 1 aromatic rings. The molecule has 1 N–H and O–H groups in total. The van der Waals surface area contributed by atoms with E-state index < -0.39 is 4.92 Å². The highest BCUT2D eigenvalue weighted by Crippen LogP contribution is 2.51. The highest BCUT2D eigenvalue weighted by molar-refractivity contribution is 5.44. The normalized spacial score (nSPS) is 21.0. The van der Waals surface area contributed by atoms with Crippen molar-refractivity contribution in [3.8, 4) is 0 Å². The molecule has 0 bridgehead atoms. The predicted molar refractivity (Wildman–Crippen MR) is 66.0 cm³/mol. The van der Waals surface area contributed by atoms with Gasteiger partial charge < -0.3 is 5.32 Å². The van der Waals surface area contributed by atoms with Crippen molar-refractivity contribution in [1.82, 2.24) is 4.98 Å². The van der Waals surface area contributed by atoms with Crippen LogP contribution >= 0.6 is 0 Å². The second-order valence-corrected chi connectivity index (χ2v) is 5.33. The number of anilines is 1. The first-order valence-corrected chi connectivity index (χ1v) is 5.76. The van der Waals surface area contributed by atoms with Crippen LogP contribution in [0.1, 0.15) is 26.0 Å². The first-order valence-electron chi connectivity index (χ1n) is 5.76. The standard InChI is InChI=1S/C12H17N3O2/c1-8-10(15(16)17)4-5-11(14-8)13-7-9-6-12(9,2)3/h4-5,9H,6-7H2,1-3H3,(H,13,14). The van der Waals surface area contributed by atoms with E-state index in [0.29, 0.717) is 17.0 Å². The lowest BCUT2D eigenvalue weighted by Gasteiger charge is -2.07. The molecule has 0 saturated heterocycles. The maximum atomic E-state index is 10.6. The van der Waals surface area contributed by atoms with Crippen LogP contribution in [-0.4, -0.2) is 16.5 Å². The molecule has 1 saturated carbocycles. The van der Waals surface area contributed by atoms with Crippen LogP contribution in [0.3, 0.4) is 0 Å². The van der Waals surface area contributed by atoms with Crippen LogP contribution in [0.25, 0.3) is 0 Å². The lowest BCUT2D eigenvalue weighted by molar-refractivity contribution is -0.385. The molecule has 0 aliphatic heterocycles. The van der Waals surface area contributed by atoms with Gasteiger partial charge in [0.05, 0.1) is 4.92 Å². The van der Waals surface area contributed by atoms with E-state index >= 15 is 0 Å². The molecule has 1 aromatic heterocycles. The van der Waals surface area contributed by atoms with Gasteiger partial charge in [-0.3, -0.25) is 10.1 Å². The summed E-state index contributed by atoms with van der Waals surface area (Å²) in [6, 6.07) is 3.17. The van der Waals surface area contributed by atoms with Crippen molar-refractivity contribution in [2.75, 3.05) is 11.9 Å². The van der Waals surface area contributed by atoms with Gasteiger partial charge in [0.2, 0.25) is 0 Å². The van der Waals surface area contributed by atoms with Gasteiger partial charge in [-0.05, 0) is 30.7 Å². The third-order valence-corrected chi connectivity index (χ3v) is 3.50. The highest BCUT2D eigenvalue weighted by Gasteiger charge is 2.44. The third-order valence-electron chi connectivity index (χ3n) is 3.50. The number of hydrogen-bond acceptors (Lipinski definition) is 4. The zero-order valence-corrected chi connectivity index (χ0v) is 10.4. The smallest absolute Gasteiger partial charge is 0.290 e. The average molecular weight is 235 g/mol. The van der Waals surface area contributed by atoms with E-state index in [1.165, 1.54) is 12.5 Å². The second-order valence-electron chi connectivity index (χ2n) is 5.33. The fraction of sp³-hybridized carbons (Fsp3) is 0.583. The molecule has 92 valence electrons. The quantitative estimate of drug-likeness (QED) is 0.643. The fourth-order valence-corrected chi connectivity index (χ4v) is 2.00. The SMILES string of the molecule is Cc1nc(NCC2CC2(C)C)ccc1[N+](=O)[O-]. The Balaban J connectivity index is 1.98. The number of rotatable bonds is 4. The average Bonchev–Trinajstić information content (AvgIpc) is 2.83. The van der Waals surface area contributed by atoms with Gasteiger partial charge >= 0.3 is 0 Å². The van der Waals surface area contributed by atoms with Crippen molar-refractivity contribution in [2.45, 2.75) is 27.2 Å². The molecule has 1 aliphatic rings. The summed E-state index contributed by atoms with van der Waals surface area (Å²) in [6.45, 7) is 7.03. The number of nitrogens with one attached hydrogen (secondary N) is 1. The first kappa shape index (κ1) is 11.8.